The standard InChI is InChI=1S/C28H34N2O5/c1-17-23(33-21-10-13-30(4)14-11-21)7-5-19-16-22(27(32)34-25(17)19)29-26(31)20-6-8-24-18(15-20)9-12-28(2,3)35-24/h5-8,15-16,21,26,29,31H,9-14H2,1-4H3. The van der Waals surface area contributed by atoms with Crippen LogP contribution in [0, 0.1) is 6.92 Å². The van der Waals surface area contributed by atoms with Crippen molar-refractivity contribution in [3.8, 4) is 11.5 Å². The van der Waals surface area contributed by atoms with Gasteiger partial charge in [0.25, 0.3) is 0 Å². The van der Waals surface area contributed by atoms with Crippen molar-refractivity contribution in [1.82, 2.24) is 4.90 Å². The summed E-state index contributed by atoms with van der Waals surface area (Å²) in [4.78, 5) is 15.1. The third kappa shape index (κ3) is 5.02. The van der Waals surface area contributed by atoms with E-state index in [9.17, 15) is 9.90 Å². The first-order valence-corrected chi connectivity index (χ1v) is 12.4. The van der Waals surface area contributed by atoms with Crippen LogP contribution in [0.3, 0.4) is 0 Å². The van der Waals surface area contributed by atoms with Gasteiger partial charge in [-0.1, -0.05) is 6.07 Å². The van der Waals surface area contributed by atoms with Gasteiger partial charge in [-0.05, 0) is 89.4 Å². The van der Waals surface area contributed by atoms with Crippen molar-refractivity contribution < 1.29 is 19.0 Å². The number of aliphatic hydroxyl groups is 1. The van der Waals surface area contributed by atoms with E-state index in [0.29, 0.717) is 11.1 Å². The molecule has 35 heavy (non-hydrogen) atoms. The van der Waals surface area contributed by atoms with Crippen LogP contribution in [0.15, 0.2) is 45.6 Å². The lowest BCUT2D eigenvalue weighted by Gasteiger charge is -2.33. The van der Waals surface area contributed by atoms with Gasteiger partial charge in [-0.3, -0.25) is 0 Å². The lowest BCUT2D eigenvalue weighted by Crippen LogP contribution is -2.35. The molecule has 3 aromatic rings. The van der Waals surface area contributed by atoms with Crippen LogP contribution in [0.25, 0.3) is 11.0 Å². The number of aliphatic hydroxyl groups excluding tert-OH is 1. The Morgan fingerprint density at radius 1 is 1.17 bits per heavy atom. The summed E-state index contributed by atoms with van der Waals surface area (Å²) in [6, 6.07) is 11.2. The number of anilines is 1. The molecule has 186 valence electrons. The quantitative estimate of drug-likeness (QED) is 0.403. The van der Waals surface area contributed by atoms with Crippen molar-refractivity contribution in [2.45, 2.75) is 64.4 Å². The van der Waals surface area contributed by atoms with E-state index in [1.54, 1.807) is 6.07 Å². The van der Waals surface area contributed by atoms with Gasteiger partial charge in [-0.25, -0.2) is 4.79 Å². The predicted molar refractivity (Wildman–Crippen MR) is 136 cm³/mol. The Morgan fingerprint density at radius 2 is 1.94 bits per heavy atom. The second kappa shape index (κ2) is 9.21. The average molecular weight is 479 g/mol. The number of aryl methyl sites for hydroxylation is 2. The van der Waals surface area contributed by atoms with E-state index in [1.807, 2.05) is 37.3 Å². The van der Waals surface area contributed by atoms with Crippen LogP contribution in [0.1, 0.15) is 56.0 Å². The van der Waals surface area contributed by atoms with E-state index < -0.39 is 11.9 Å². The van der Waals surface area contributed by atoms with Gasteiger partial charge in [0, 0.05) is 29.6 Å². The van der Waals surface area contributed by atoms with Crippen LogP contribution < -0.4 is 20.4 Å². The molecular weight excluding hydrogens is 444 g/mol. The minimum Gasteiger partial charge on any atom is -0.490 e. The maximum atomic E-state index is 12.8. The molecule has 2 aliphatic heterocycles. The number of likely N-dealkylation sites (tertiary alicyclic amines) is 1. The fraction of sp³-hybridized carbons (Fsp3) is 0.464. The highest BCUT2D eigenvalue weighted by Crippen LogP contribution is 2.35. The molecule has 2 N–H and O–H groups in total. The Morgan fingerprint density at radius 3 is 2.71 bits per heavy atom. The van der Waals surface area contributed by atoms with Crippen LogP contribution in [0.4, 0.5) is 5.69 Å². The zero-order chi connectivity index (χ0) is 24.7. The van der Waals surface area contributed by atoms with E-state index in [-0.39, 0.29) is 17.4 Å². The molecule has 0 radical (unpaired) electrons. The fourth-order valence-electron chi connectivity index (χ4n) is 4.90. The summed E-state index contributed by atoms with van der Waals surface area (Å²) < 4.78 is 18.0. The molecule has 1 aromatic heterocycles. The van der Waals surface area contributed by atoms with Crippen molar-refractivity contribution in [3.05, 3.63) is 63.5 Å². The third-order valence-electron chi connectivity index (χ3n) is 7.14. The summed E-state index contributed by atoms with van der Waals surface area (Å²) in [5, 5.41) is 14.5. The van der Waals surface area contributed by atoms with Gasteiger partial charge in [0.2, 0.25) is 0 Å². The summed E-state index contributed by atoms with van der Waals surface area (Å²) in [5.74, 6) is 1.59. The number of piperidine rings is 1. The Balaban J connectivity index is 1.34. The zero-order valence-electron chi connectivity index (χ0n) is 20.9. The molecule has 0 saturated carbocycles. The van der Waals surface area contributed by atoms with Gasteiger partial charge in [0.1, 0.15) is 34.5 Å². The van der Waals surface area contributed by atoms with Crippen LogP contribution >= 0.6 is 0 Å². The highest BCUT2D eigenvalue weighted by atomic mass is 16.5. The number of nitrogens with one attached hydrogen (secondary N) is 1. The molecule has 3 heterocycles. The molecule has 1 fully saturated rings. The van der Waals surface area contributed by atoms with E-state index in [4.69, 9.17) is 13.9 Å². The van der Waals surface area contributed by atoms with Gasteiger partial charge >= 0.3 is 5.63 Å². The Kier molecular flexibility index (Phi) is 6.23. The Hall–Kier alpha value is -3.03. The number of hydrogen-bond acceptors (Lipinski definition) is 7. The maximum absolute atomic E-state index is 12.8. The minimum atomic E-state index is -1.05. The lowest BCUT2D eigenvalue weighted by atomic mass is 9.93. The number of nitrogens with zero attached hydrogens (tertiary/aromatic N) is 1. The monoisotopic (exact) mass is 478 g/mol. The van der Waals surface area contributed by atoms with Crippen LogP contribution in [0.2, 0.25) is 0 Å². The van der Waals surface area contributed by atoms with Crippen molar-refractivity contribution in [2.24, 2.45) is 0 Å². The van der Waals surface area contributed by atoms with Gasteiger partial charge in [-0.15, -0.1) is 0 Å². The molecule has 5 rings (SSSR count). The smallest absolute Gasteiger partial charge is 0.359 e. The largest absolute Gasteiger partial charge is 0.490 e. The summed E-state index contributed by atoms with van der Waals surface area (Å²) in [5.41, 5.74) is 2.54. The molecule has 1 atom stereocenters. The van der Waals surface area contributed by atoms with E-state index in [1.165, 1.54) is 0 Å². The minimum absolute atomic E-state index is 0.165. The van der Waals surface area contributed by atoms with Gasteiger partial charge in [0.15, 0.2) is 6.23 Å². The first-order valence-electron chi connectivity index (χ1n) is 12.4. The van der Waals surface area contributed by atoms with E-state index >= 15 is 0 Å². The van der Waals surface area contributed by atoms with Crippen LogP contribution in [0.5, 0.6) is 11.5 Å². The van der Waals surface area contributed by atoms with Crippen LogP contribution in [-0.4, -0.2) is 41.8 Å². The molecule has 7 nitrogen and oxygen atoms in total. The summed E-state index contributed by atoms with van der Waals surface area (Å²) in [6.45, 7) is 8.08. The van der Waals surface area contributed by atoms with Crippen molar-refractivity contribution in [3.63, 3.8) is 0 Å². The molecule has 0 spiro atoms. The summed E-state index contributed by atoms with van der Waals surface area (Å²) >= 11 is 0. The molecule has 2 aromatic carbocycles. The molecule has 0 bridgehead atoms. The first kappa shape index (κ1) is 23.7. The van der Waals surface area contributed by atoms with Crippen molar-refractivity contribution >= 4 is 16.7 Å². The fourth-order valence-corrected chi connectivity index (χ4v) is 4.90. The van der Waals surface area contributed by atoms with Crippen molar-refractivity contribution in [1.29, 1.82) is 0 Å². The van der Waals surface area contributed by atoms with E-state index in [2.05, 4.69) is 31.1 Å². The lowest BCUT2D eigenvalue weighted by molar-refractivity contribution is 0.0845. The molecule has 0 amide bonds. The normalized spacial score (nSPS) is 19.1. The topological polar surface area (TPSA) is 84.2 Å². The molecule has 0 aliphatic carbocycles. The summed E-state index contributed by atoms with van der Waals surface area (Å²) in [7, 11) is 2.12. The van der Waals surface area contributed by atoms with E-state index in [0.717, 1.165) is 66.8 Å². The Bertz CT molecular complexity index is 1290. The second-order valence-corrected chi connectivity index (χ2v) is 10.5. The second-order valence-electron chi connectivity index (χ2n) is 10.5. The molecule has 2 aliphatic rings. The SMILES string of the molecule is Cc1c(OC2CCN(C)CC2)ccc2cc(NC(O)c3ccc4c(c3)CCC(C)(C)O4)c(=O)oc12. The van der Waals surface area contributed by atoms with Gasteiger partial charge in [-0.2, -0.15) is 0 Å². The highest BCUT2D eigenvalue weighted by molar-refractivity contribution is 5.84. The molecule has 7 heteroatoms. The predicted octanol–water partition coefficient (Wildman–Crippen LogP) is 4.78. The van der Waals surface area contributed by atoms with Crippen molar-refractivity contribution in [2.75, 3.05) is 25.5 Å². The molecule has 1 saturated heterocycles. The highest BCUT2D eigenvalue weighted by Gasteiger charge is 2.27. The maximum Gasteiger partial charge on any atom is 0.359 e. The Labute approximate surface area is 205 Å². The third-order valence-corrected chi connectivity index (χ3v) is 7.14. The average Bonchev–Trinajstić information content (AvgIpc) is 2.82. The molecular formula is C28H34N2O5. The number of fused-ring (bicyclic) bond motifs is 2. The number of ether oxygens (including phenoxy) is 2. The van der Waals surface area contributed by atoms with Crippen LogP contribution in [-0.2, 0) is 6.42 Å². The van der Waals surface area contributed by atoms with Gasteiger partial charge < -0.3 is 29.2 Å². The zero-order valence-corrected chi connectivity index (χ0v) is 20.9. The molecule has 1 unspecified atom stereocenters. The van der Waals surface area contributed by atoms with Gasteiger partial charge in [0.05, 0.1) is 0 Å². The number of benzene rings is 2. The first-order chi connectivity index (χ1) is 16.7. The summed E-state index contributed by atoms with van der Waals surface area (Å²) in [6.07, 6.45) is 2.85. The number of hydrogen-bond donors (Lipinski definition) is 2. The number of rotatable bonds is 5.